The van der Waals surface area contributed by atoms with Crippen molar-refractivity contribution in [3.05, 3.63) is 0 Å². The fourth-order valence-electron chi connectivity index (χ4n) is 2.54. The standard InChI is InChI=1S/C13H26N2O/c1-2-13(16)10-15(8-11-5-6-11)9-12-4-3-7-14-12/h11-14,16H,2-10H2,1H3. The molecule has 2 fully saturated rings. The Hall–Kier alpha value is -0.120. The summed E-state index contributed by atoms with van der Waals surface area (Å²) in [4.78, 5) is 2.48. The van der Waals surface area contributed by atoms with E-state index in [1.54, 1.807) is 0 Å². The molecule has 94 valence electrons. The van der Waals surface area contributed by atoms with Crippen LogP contribution in [0.1, 0.15) is 39.0 Å². The summed E-state index contributed by atoms with van der Waals surface area (Å²) in [6.07, 6.45) is 6.16. The molecule has 16 heavy (non-hydrogen) atoms. The Morgan fingerprint density at radius 1 is 1.31 bits per heavy atom. The van der Waals surface area contributed by atoms with E-state index in [9.17, 15) is 5.11 Å². The minimum absolute atomic E-state index is 0.139. The SMILES string of the molecule is CCC(O)CN(CC1CC1)CC1CCCN1. The highest BCUT2D eigenvalue weighted by atomic mass is 16.3. The molecule has 0 aromatic rings. The van der Waals surface area contributed by atoms with Gasteiger partial charge in [-0.05, 0) is 44.6 Å². The smallest absolute Gasteiger partial charge is 0.0664 e. The Balaban J connectivity index is 1.75. The van der Waals surface area contributed by atoms with Crippen molar-refractivity contribution in [2.75, 3.05) is 26.2 Å². The Morgan fingerprint density at radius 2 is 2.12 bits per heavy atom. The predicted octanol–water partition coefficient (Wildman–Crippen LogP) is 1.22. The number of aliphatic hydroxyl groups excluding tert-OH is 1. The molecular formula is C13H26N2O. The Morgan fingerprint density at radius 3 is 2.69 bits per heavy atom. The van der Waals surface area contributed by atoms with E-state index in [1.807, 2.05) is 0 Å². The van der Waals surface area contributed by atoms with Crippen LogP contribution >= 0.6 is 0 Å². The van der Waals surface area contributed by atoms with Gasteiger partial charge in [0, 0.05) is 25.7 Å². The molecule has 0 aromatic carbocycles. The van der Waals surface area contributed by atoms with E-state index in [0.29, 0.717) is 6.04 Å². The third-order valence-corrected chi connectivity index (χ3v) is 3.79. The van der Waals surface area contributed by atoms with Gasteiger partial charge >= 0.3 is 0 Å². The largest absolute Gasteiger partial charge is 0.392 e. The molecule has 3 nitrogen and oxygen atoms in total. The molecule has 1 heterocycles. The minimum Gasteiger partial charge on any atom is -0.392 e. The van der Waals surface area contributed by atoms with Gasteiger partial charge in [-0.1, -0.05) is 6.92 Å². The van der Waals surface area contributed by atoms with Gasteiger partial charge in [-0.25, -0.2) is 0 Å². The summed E-state index contributed by atoms with van der Waals surface area (Å²) in [6, 6.07) is 0.669. The zero-order valence-corrected chi connectivity index (χ0v) is 10.5. The van der Waals surface area contributed by atoms with Gasteiger partial charge in [-0.3, -0.25) is 4.90 Å². The van der Waals surface area contributed by atoms with Gasteiger partial charge in [-0.15, -0.1) is 0 Å². The Kier molecular flexibility index (Phi) is 4.62. The van der Waals surface area contributed by atoms with Crippen molar-refractivity contribution in [2.45, 2.75) is 51.2 Å². The van der Waals surface area contributed by atoms with Crippen LogP contribution in [0, 0.1) is 5.92 Å². The number of nitrogens with zero attached hydrogens (tertiary/aromatic N) is 1. The highest BCUT2D eigenvalue weighted by Gasteiger charge is 2.27. The molecule has 2 N–H and O–H groups in total. The summed E-state index contributed by atoms with van der Waals surface area (Å²) in [7, 11) is 0. The summed E-state index contributed by atoms with van der Waals surface area (Å²) < 4.78 is 0. The number of aliphatic hydroxyl groups is 1. The van der Waals surface area contributed by atoms with Crippen LogP contribution in [0.5, 0.6) is 0 Å². The molecule has 0 amide bonds. The summed E-state index contributed by atoms with van der Waals surface area (Å²) in [5.41, 5.74) is 0. The second kappa shape index (κ2) is 5.99. The maximum atomic E-state index is 9.77. The van der Waals surface area contributed by atoms with Crippen molar-refractivity contribution in [1.82, 2.24) is 10.2 Å². The number of rotatable bonds is 7. The van der Waals surface area contributed by atoms with Crippen molar-refractivity contribution in [3.8, 4) is 0 Å². The molecule has 1 saturated heterocycles. The molecule has 0 radical (unpaired) electrons. The van der Waals surface area contributed by atoms with Crippen LogP contribution in [-0.2, 0) is 0 Å². The molecule has 1 aliphatic heterocycles. The highest BCUT2D eigenvalue weighted by Crippen LogP contribution is 2.30. The van der Waals surface area contributed by atoms with E-state index in [1.165, 1.54) is 38.8 Å². The number of hydrogen-bond acceptors (Lipinski definition) is 3. The van der Waals surface area contributed by atoms with Gasteiger partial charge in [-0.2, -0.15) is 0 Å². The molecule has 0 bridgehead atoms. The van der Waals surface area contributed by atoms with Crippen molar-refractivity contribution >= 4 is 0 Å². The highest BCUT2D eigenvalue weighted by molar-refractivity contribution is 4.83. The van der Waals surface area contributed by atoms with Gasteiger partial charge in [0.05, 0.1) is 6.10 Å². The first-order valence-corrected chi connectivity index (χ1v) is 6.91. The molecule has 0 spiro atoms. The lowest BCUT2D eigenvalue weighted by Gasteiger charge is -2.27. The second-order valence-electron chi connectivity index (χ2n) is 5.52. The maximum Gasteiger partial charge on any atom is 0.0664 e. The number of nitrogens with one attached hydrogen (secondary N) is 1. The van der Waals surface area contributed by atoms with Crippen LogP contribution in [0.15, 0.2) is 0 Å². The number of hydrogen-bond donors (Lipinski definition) is 2. The zero-order valence-electron chi connectivity index (χ0n) is 10.5. The van der Waals surface area contributed by atoms with Crippen molar-refractivity contribution in [1.29, 1.82) is 0 Å². The lowest BCUT2D eigenvalue weighted by molar-refractivity contribution is 0.102. The van der Waals surface area contributed by atoms with E-state index in [0.717, 1.165) is 25.4 Å². The topological polar surface area (TPSA) is 35.5 Å². The monoisotopic (exact) mass is 226 g/mol. The molecule has 2 aliphatic rings. The third-order valence-electron chi connectivity index (χ3n) is 3.79. The Labute approximate surface area is 99.2 Å². The first-order chi connectivity index (χ1) is 7.78. The quantitative estimate of drug-likeness (QED) is 0.685. The minimum atomic E-state index is -0.139. The van der Waals surface area contributed by atoms with Gasteiger partial charge in [0.25, 0.3) is 0 Å². The zero-order chi connectivity index (χ0) is 11.4. The third kappa shape index (κ3) is 4.04. The molecular weight excluding hydrogens is 200 g/mol. The van der Waals surface area contributed by atoms with Crippen LogP contribution in [0.4, 0.5) is 0 Å². The molecule has 0 aromatic heterocycles. The van der Waals surface area contributed by atoms with Crippen molar-refractivity contribution < 1.29 is 5.11 Å². The molecule has 1 saturated carbocycles. The predicted molar refractivity (Wildman–Crippen MR) is 66.5 cm³/mol. The van der Waals surface area contributed by atoms with E-state index in [2.05, 4.69) is 17.1 Å². The van der Waals surface area contributed by atoms with E-state index in [-0.39, 0.29) is 6.10 Å². The average molecular weight is 226 g/mol. The molecule has 2 rings (SSSR count). The normalized spacial score (nSPS) is 27.6. The fraction of sp³-hybridized carbons (Fsp3) is 1.00. The first kappa shape index (κ1) is 12.3. The van der Waals surface area contributed by atoms with Gasteiger partial charge < -0.3 is 10.4 Å². The maximum absolute atomic E-state index is 9.77. The van der Waals surface area contributed by atoms with Crippen LogP contribution in [0.2, 0.25) is 0 Å². The summed E-state index contributed by atoms with van der Waals surface area (Å²) in [5.74, 6) is 0.922. The average Bonchev–Trinajstić information content (AvgIpc) is 2.93. The second-order valence-corrected chi connectivity index (χ2v) is 5.52. The van der Waals surface area contributed by atoms with Crippen LogP contribution < -0.4 is 5.32 Å². The molecule has 1 aliphatic carbocycles. The Bertz CT molecular complexity index is 200. The van der Waals surface area contributed by atoms with E-state index < -0.39 is 0 Å². The van der Waals surface area contributed by atoms with E-state index >= 15 is 0 Å². The summed E-state index contributed by atoms with van der Waals surface area (Å²) >= 11 is 0. The van der Waals surface area contributed by atoms with Crippen LogP contribution in [0.25, 0.3) is 0 Å². The van der Waals surface area contributed by atoms with Crippen LogP contribution in [0.3, 0.4) is 0 Å². The molecule has 2 atom stereocenters. The summed E-state index contributed by atoms with van der Waals surface area (Å²) in [5, 5.41) is 13.3. The van der Waals surface area contributed by atoms with E-state index in [4.69, 9.17) is 0 Å². The molecule has 2 unspecified atom stereocenters. The van der Waals surface area contributed by atoms with Gasteiger partial charge in [0.1, 0.15) is 0 Å². The summed E-state index contributed by atoms with van der Waals surface area (Å²) in [6.45, 7) is 6.44. The first-order valence-electron chi connectivity index (χ1n) is 6.91. The lowest BCUT2D eigenvalue weighted by Crippen LogP contribution is -2.42. The lowest BCUT2D eigenvalue weighted by atomic mass is 10.2. The van der Waals surface area contributed by atoms with Crippen LogP contribution in [-0.4, -0.2) is 48.3 Å². The van der Waals surface area contributed by atoms with Crippen molar-refractivity contribution in [3.63, 3.8) is 0 Å². The molecule has 3 heteroatoms. The van der Waals surface area contributed by atoms with Gasteiger partial charge in [0.15, 0.2) is 0 Å². The fourth-order valence-corrected chi connectivity index (χ4v) is 2.54. The van der Waals surface area contributed by atoms with Gasteiger partial charge in [0.2, 0.25) is 0 Å². The van der Waals surface area contributed by atoms with Crippen molar-refractivity contribution in [2.24, 2.45) is 5.92 Å².